The highest BCUT2D eigenvalue weighted by Gasteiger charge is 2.54. The zero-order chi connectivity index (χ0) is 29.7. The quantitative estimate of drug-likeness (QED) is 0.323. The van der Waals surface area contributed by atoms with Crippen LogP contribution in [0.1, 0.15) is 45.2 Å². The van der Waals surface area contributed by atoms with Crippen LogP contribution in [-0.4, -0.2) is 53.3 Å². The maximum atomic E-state index is 13.6. The Bertz CT molecular complexity index is 1360. The summed E-state index contributed by atoms with van der Waals surface area (Å²) in [6, 6.07) is 10.4. The zero-order valence-corrected chi connectivity index (χ0v) is 23.7. The highest BCUT2D eigenvalue weighted by molar-refractivity contribution is 7.79. The first-order valence-corrected chi connectivity index (χ1v) is 15.1. The fourth-order valence-corrected chi connectivity index (χ4v) is 6.64. The lowest BCUT2D eigenvalue weighted by Crippen LogP contribution is -2.48. The van der Waals surface area contributed by atoms with E-state index < -0.39 is 10.4 Å². The summed E-state index contributed by atoms with van der Waals surface area (Å²) in [5.41, 5.74) is 2.48. The summed E-state index contributed by atoms with van der Waals surface area (Å²) in [4.78, 5) is 29.2. The fraction of sp³-hybridized carbons (Fsp3) is 0.483. The zero-order valence-electron chi connectivity index (χ0n) is 22.9. The lowest BCUT2D eigenvalue weighted by atomic mass is 9.57. The van der Waals surface area contributed by atoms with E-state index in [4.69, 9.17) is 27.0 Å². The van der Waals surface area contributed by atoms with E-state index in [9.17, 15) is 14.0 Å². The average Bonchev–Trinajstić information content (AvgIpc) is 3.18. The number of amides is 1. The second kappa shape index (κ2) is 13.1. The van der Waals surface area contributed by atoms with Crippen molar-refractivity contribution in [1.82, 2.24) is 10.3 Å². The van der Waals surface area contributed by atoms with Gasteiger partial charge in [0.1, 0.15) is 11.9 Å². The van der Waals surface area contributed by atoms with Gasteiger partial charge in [-0.15, -0.1) is 0 Å². The first-order chi connectivity index (χ1) is 19.4. The number of halogens is 1. The number of nitrogens with one attached hydrogen (secondary N) is 1. The van der Waals surface area contributed by atoms with Crippen LogP contribution in [0.15, 0.2) is 48.7 Å². The Morgan fingerprint density at radius 2 is 1.95 bits per heavy atom. The number of carbonyl (C=O) groups excluding carboxylic acids is 2. The van der Waals surface area contributed by atoms with E-state index in [1.54, 1.807) is 19.2 Å². The van der Waals surface area contributed by atoms with Crippen molar-refractivity contribution in [1.29, 1.82) is 0 Å². The summed E-state index contributed by atoms with van der Waals surface area (Å²) in [6.07, 6.45) is 9.07. The predicted octanol–water partition coefficient (Wildman–Crippen LogP) is 4.98. The van der Waals surface area contributed by atoms with Gasteiger partial charge in [-0.1, -0.05) is 24.3 Å². The number of nitrogens with zero attached hydrogens (tertiary/aromatic N) is 1. The number of ether oxygens (including phenoxy) is 2. The van der Waals surface area contributed by atoms with Crippen LogP contribution in [0.2, 0.25) is 0 Å². The van der Waals surface area contributed by atoms with E-state index in [0.717, 1.165) is 42.5 Å². The van der Waals surface area contributed by atoms with E-state index in [0.29, 0.717) is 18.4 Å². The Labute approximate surface area is 238 Å². The first kappa shape index (κ1) is 30.6. The normalized spacial score (nSPS) is 29.0. The minimum absolute atomic E-state index is 0.0679. The van der Waals surface area contributed by atoms with Crippen LogP contribution in [0, 0.1) is 35.4 Å². The summed E-state index contributed by atoms with van der Waals surface area (Å²) < 4.78 is 55.9. The number of cyclic esters (lactones) is 1. The first-order valence-electron chi connectivity index (χ1n) is 13.7. The average molecular weight is 591 g/mol. The van der Waals surface area contributed by atoms with Crippen molar-refractivity contribution in [3.8, 4) is 11.1 Å². The minimum atomic E-state index is -4.67. The van der Waals surface area contributed by atoms with Crippen LogP contribution in [0.4, 0.5) is 9.18 Å². The maximum absolute atomic E-state index is 13.6. The van der Waals surface area contributed by atoms with Crippen LogP contribution in [0.3, 0.4) is 0 Å². The van der Waals surface area contributed by atoms with Gasteiger partial charge in [-0.3, -0.25) is 18.9 Å². The number of allylic oxidation sites excluding steroid dienone is 1. The van der Waals surface area contributed by atoms with Crippen molar-refractivity contribution in [2.75, 3.05) is 6.61 Å². The van der Waals surface area contributed by atoms with Crippen molar-refractivity contribution in [2.24, 2.45) is 29.6 Å². The molecule has 0 spiro atoms. The van der Waals surface area contributed by atoms with Gasteiger partial charge in [0.05, 0.1) is 18.2 Å². The van der Waals surface area contributed by atoms with E-state index in [1.165, 1.54) is 12.1 Å². The molecule has 1 aliphatic heterocycles. The number of fused-ring (bicyclic) bond motifs is 2. The summed E-state index contributed by atoms with van der Waals surface area (Å²) in [5.74, 6) is 0.629. The van der Waals surface area contributed by atoms with Gasteiger partial charge in [-0.05, 0) is 87.1 Å². The number of hydrogen-bond acceptors (Lipinski definition) is 7. The number of esters is 1. The van der Waals surface area contributed by atoms with Gasteiger partial charge >= 0.3 is 22.5 Å². The molecule has 0 unspecified atom stereocenters. The van der Waals surface area contributed by atoms with E-state index in [2.05, 4.69) is 16.4 Å². The second-order valence-corrected chi connectivity index (χ2v) is 11.6. The third kappa shape index (κ3) is 8.11. The number of alkyl carbamates (subject to hydrolysis) is 1. The second-order valence-electron chi connectivity index (χ2n) is 10.7. The van der Waals surface area contributed by atoms with E-state index in [1.807, 2.05) is 31.2 Å². The smallest absolute Gasteiger partial charge is 0.407 e. The van der Waals surface area contributed by atoms with E-state index >= 15 is 0 Å². The summed E-state index contributed by atoms with van der Waals surface area (Å²) in [6.45, 7) is 4.15. The van der Waals surface area contributed by atoms with Gasteiger partial charge in [-0.25, -0.2) is 9.18 Å². The molecule has 1 aromatic heterocycles. The maximum Gasteiger partial charge on any atom is 0.407 e. The van der Waals surface area contributed by atoms with Crippen LogP contribution < -0.4 is 5.32 Å². The standard InChI is InChI=1S/C29H33FN2O4.H2O4S/c1-3-35-29(34)32-23-10-11-24-20(14-23)15-26-27(17(2)36-28(26)33)25(24)12-9-22-8-7-19(16-31-22)18-5-4-6-21(30)13-18;1-5(2,3)4/h4-9,12-13,16-17,20,23-27H,3,10-11,14-15H2,1-2H3,(H,32,34);(H2,1,2,3,4)/t17-,20+,23-,24-,25+,26-,27+;/m1./s1. The van der Waals surface area contributed by atoms with Crippen molar-refractivity contribution < 1.29 is 41.0 Å². The third-order valence-electron chi connectivity index (χ3n) is 8.18. The molecule has 2 aromatic rings. The molecule has 1 amide bonds. The molecular weight excluding hydrogens is 555 g/mol. The highest BCUT2D eigenvalue weighted by Crippen LogP contribution is 2.53. The Morgan fingerprint density at radius 3 is 2.61 bits per heavy atom. The molecule has 222 valence electrons. The molecule has 3 N–H and O–H groups in total. The lowest BCUT2D eigenvalue weighted by Gasteiger charge is -2.47. The molecule has 1 aromatic carbocycles. The summed E-state index contributed by atoms with van der Waals surface area (Å²) >= 11 is 0. The predicted molar refractivity (Wildman–Crippen MR) is 148 cm³/mol. The largest absolute Gasteiger partial charge is 0.462 e. The van der Waals surface area contributed by atoms with Gasteiger partial charge in [-0.2, -0.15) is 8.42 Å². The summed E-state index contributed by atoms with van der Waals surface area (Å²) in [5, 5.41) is 3.00. The highest BCUT2D eigenvalue weighted by atomic mass is 32.3. The SMILES string of the molecule is CCOC(=O)N[C@@H]1CC[C@@H]2[C@@H](C1)C[C@H]1C(=O)O[C@H](C)[C@H]1[C@H]2C=Cc1ccc(-c2cccc(F)c2)cn1.O=S(=O)(O)O. The molecule has 2 heterocycles. The number of pyridine rings is 1. The van der Waals surface area contributed by atoms with Gasteiger partial charge in [0.2, 0.25) is 0 Å². The van der Waals surface area contributed by atoms with Crippen LogP contribution in [-0.2, 0) is 24.7 Å². The fourth-order valence-electron chi connectivity index (χ4n) is 6.64. The number of carbonyl (C=O) groups is 2. The van der Waals surface area contributed by atoms with Crippen LogP contribution >= 0.6 is 0 Å². The minimum Gasteiger partial charge on any atom is -0.462 e. The molecule has 41 heavy (non-hydrogen) atoms. The van der Waals surface area contributed by atoms with Gasteiger partial charge < -0.3 is 14.8 Å². The molecule has 5 rings (SSSR count). The van der Waals surface area contributed by atoms with E-state index in [-0.39, 0.29) is 47.8 Å². The van der Waals surface area contributed by atoms with Gasteiger partial charge in [0.15, 0.2) is 0 Å². The number of benzene rings is 1. The topological polar surface area (TPSA) is 152 Å². The van der Waals surface area contributed by atoms with Crippen LogP contribution in [0.5, 0.6) is 0 Å². The monoisotopic (exact) mass is 590 g/mol. The molecule has 0 bridgehead atoms. The Hall–Kier alpha value is -3.35. The Kier molecular flexibility index (Phi) is 9.77. The molecule has 10 nitrogen and oxygen atoms in total. The van der Waals surface area contributed by atoms with Crippen molar-refractivity contribution >= 4 is 28.5 Å². The molecule has 2 aliphatic carbocycles. The molecular formula is C29H35FN2O8S. The molecule has 3 aliphatic rings. The van der Waals surface area contributed by atoms with Gasteiger partial charge in [0.25, 0.3) is 0 Å². The Morgan fingerprint density at radius 1 is 1.20 bits per heavy atom. The van der Waals surface area contributed by atoms with Crippen LogP contribution in [0.25, 0.3) is 17.2 Å². The number of rotatable bonds is 5. The molecule has 0 radical (unpaired) electrons. The molecule has 12 heteroatoms. The Balaban J connectivity index is 0.000000714. The van der Waals surface area contributed by atoms with Crippen molar-refractivity contribution in [3.05, 3.63) is 60.2 Å². The van der Waals surface area contributed by atoms with Crippen molar-refractivity contribution in [2.45, 2.75) is 51.7 Å². The lowest BCUT2D eigenvalue weighted by molar-refractivity contribution is -0.144. The molecule has 3 fully saturated rings. The van der Waals surface area contributed by atoms with Crippen molar-refractivity contribution in [3.63, 3.8) is 0 Å². The summed E-state index contributed by atoms with van der Waals surface area (Å²) in [7, 11) is -4.67. The molecule has 1 saturated heterocycles. The van der Waals surface area contributed by atoms with Gasteiger partial charge in [0, 0.05) is 23.7 Å². The number of hydrogen-bond donors (Lipinski definition) is 3. The molecule has 2 saturated carbocycles. The molecule has 7 atom stereocenters. The third-order valence-corrected chi connectivity index (χ3v) is 8.18. The number of aromatic nitrogens is 1.